The monoisotopic (exact) mass is 500 g/mol. The average Bonchev–Trinajstić information content (AvgIpc) is 3.35. The molecule has 0 saturated carbocycles. The predicted octanol–water partition coefficient (Wildman–Crippen LogP) is 6.08. The molecule has 4 aromatic rings. The van der Waals surface area contributed by atoms with E-state index in [4.69, 9.17) is 4.74 Å². The number of rotatable bonds is 9. The Labute approximate surface area is 215 Å². The highest BCUT2D eigenvalue weighted by Gasteiger charge is 2.19. The van der Waals surface area contributed by atoms with E-state index in [1.54, 1.807) is 49.6 Å². The van der Waals surface area contributed by atoms with Crippen LogP contribution in [0, 0.1) is 5.82 Å². The molecule has 0 radical (unpaired) electrons. The lowest BCUT2D eigenvalue weighted by atomic mass is 10.1. The van der Waals surface area contributed by atoms with Crippen molar-refractivity contribution in [3.8, 4) is 22.6 Å². The summed E-state index contributed by atoms with van der Waals surface area (Å²) in [5.74, 6) is -0.898. The third-order valence-electron chi connectivity index (χ3n) is 5.83. The number of carbonyl (C=O) groups is 2. The number of nitrogens with one attached hydrogen (secondary N) is 1. The molecule has 2 heterocycles. The van der Waals surface area contributed by atoms with Crippen molar-refractivity contribution < 1.29 is 18.7 Å². The number of hydrogen-bond acceptors (Lipinski definition) is 5. The van der Waals surface area contributed by atoms with E-state index in [2.05, 4.69) is 15.3 Å². The van der Waals surface area contributed by atoms with Crippen molar-refractivity contribution in [3.05, 3.63) is 90.1 Å². The lowest BCUT2D eigenvalue weighted by Gasteiger charge is -2.14. The summed E-state index contributed by atoms with van der Waals surface area (Å²) in [6.07, 6.45) is 2.61. The summed E-state index contributed by atoms with van der Waals surface area (Å²) in [7, 11) is 0. The Balaban J connectivity index is 1.54. The summed E-state index contributed by atoms with van der Waals surface area (Å²) in [6.45, 7) is 6.22. The van der Waals surface area contributed by atoms with E-state index in [-0.39, 0.29) is 29.4 Å². The van der Waals surface area contributed by atoms with Gasteiger partial charge in [-0.15, -0.1) is 0 Å². The highest BCUT2D eigenvalue weighted by Crippen LogP contribution is 2.32. The molecule has 7 nitrogen and oxygen atoms in total. The van der Waals surface area contributed by atoms with E-state index < -0.39 is 0 Å². The number of carbonyl (C=O) groups excluding carboxylic acids is 2. The second kappa shape index (κ2) is 11.6. The summed E-state index contributed by atoms with van der Waals surface area (Å²) in [4.78, 5) is 33.8. The molecule has 1 N–H and O–H groups in total. The Bertz CT molecular complexity index is 1380. The fourth-order valence-corrected chi connectivity index (χ4v) is 3.95. The molecule has 0 aliphatic carbocycles. The maximum atomic E-state index is 13.5. The Morgan fingerprint density at radius 3 is 2.43 bits per heavy atom. The molecule has 0 atom stereocenters. The third-order valence-corrected chi connectivity index (χ3v) is 5.83. The molecule has 0 bridgehead atoms. The van der Waals surface area contributed by atoms with E-state index in [9.17, 15) is 14.0 Å². The van der Waals surface area contributed by atoms with Crippen molar-refractivity contribution in [1.82, 2.24) is 14.5 Å². The van der Waals surface area contributed by atoms with E-state index in [0.29, 0.717) is 36.5 Å². The lowest BCUT2D eigenvalue weighted by Crippen LogP contribution is -2.14. The first-order valence-electron chi connectivity index (χ1n) is 12.2. The number of imidazole rings is 1. The standard InChI is InChI=1S/C29H29FN4O3/c1-4-37-26(35)17-10-20-8-15-23(16-9-20)32-29(36)25-7-5-6-24(33-25)28-27(31-18-34(28)19(2)3)21-11-13-22(30)14-12-21/h5-9,11-16,18-19H,4,10,17H2,1-3H3,(H,32,36). The number of aromatic nitrogens is 3. The molecule has 1 amide bonds. The molecular formula is C29H29FN4O3. The zero-order valence-corrected chi connectivity index (χ0v) is 21.1. The molecule has 0 aliphatic heterocycles. The number of nitrogens with zero attached hydrogens (tertiary/aromatic N) is 3. The molecule has 0 saturated heterocycles. The van der Waals surface area contributed by atoms with Gasteiger partial charge in [-0.05, 0) is 81.3 Å². The lowest BCUT2D eigenvalue weighted by molar-refractivity contribution is -0.143. The number of pyridine rings is 1. The van der Waals surface area contributed by atoms with Crippen molar-refractivity contribution >= 4 is 17.6 Å². The molecule has 8 heteroatoms. The number of hydrogen-bond donors (Lipinski definition) is 1. The molecule has 0 fully saturated rings. The van der Waals surface area contributed by atoms with Crippen LogP contribution < -0.4 is 5.32 Å². The average molecular weight is 501 g/mol. The smallest absolute Gasteiger partial charge is 0.306 e. The number of amides is 1. The van der Waals surface area contributed by atoms with E-state index in [1.807, 2.05) is 36.6 Å². The Morgan fingerprint density at radius 2 is 1.76 bits per heavy atom. The number of anilines is 1. The van der Waals surface area contributed by atoms with Gasteiger partial charge in [0.15, 0.2) is 0 Å². The maximum absolute atomic E-state index is 13.5. The van der Waals surface area contributed by atoms with Crippen LogP contribution in [0.3, 0.4) is 0 Å². The molecule has 0 spiro atoms. The van der Waals surface area contributed by atoms with Gasteiger partial charge in [0, 0.05) is 23.7 Å². The minimum absolute atomic E-state index is 0.0957. The van der Waals surface area contributed by atoms with Gasteiger partial charge in [-0.1, -0.05) is 18.2 Å². The highest BCUT2D eigenvalue weighted by atomic mass is 19.1. The highest BCUT2D eigenvalue weighted by molar-refractivity contribution is 6.03. The second-order valence-corrected chi connectivity index (χ2v) is 8.81. The van der Waals surface area contributed by atoms with Crippen molar-refractivity contribution in [2.45, 2.75) is 39.7 Å². The Hall–Kier alpha value is -4.33. The third kappa shape index (κ3) is 6.27. The van der Waals surface area contributed by atoms with Gasteiger partial charge in [0.2, 0.25) is 0 Å². The molecule has 2 aromatic carbocycles. The zero-order chi connectivity index (χ0) is 26.4. The van der Waals surface area contributed by atoms with E-state index in [1.165, 1.54) is 12.1 Å². The van der Waals surface area contributed by atoms with Crippen LogP contribution in [0.4, 0.5) is 10.1 Å². The van der Waals surface area contributed by atoms with Crippen LogP contribution in [0.5, 0.6) is 0 Å². The molecular weight excluding hydrogens is 471 g/mol. The number of halogens is 1. The summed E-state index contributed by atoms with van der Waals surface area (Å²) in [5, 5.41) is 2.88. The summed E-state index contributed by atoms with van der Waals surface area (Å²) < 4.78 is 20.4. The number of benzene rings is 2. The quantitative estimate of drug-likeness (QED) is 0.282. The van der Waals surface area contributed by atoms with Gasteiger partial charge in [-0.3, -0.25) is 9.59 Å². The van der Waals surface area contributed by atoms with E-state index in [0.717, 1.165) is 16.8 Å². The SMILES string of the molecule is CCOC(=O)CCc1ccc(NC(=O)c2cccc(-c3c(-c4ccc(F)cc4)ncn3C(C)C)n2)cc1. The van der Waals surface area contributed by atoms with Crippen LogP contribution >= 0.6 is 0 Å². The fourth-order valence-electron chi connectivity index (χ4n) is 3.95. The first-order chi connectivity index (χ1) is 17.9. The van der Waals surface area contributed by atoms with Gasteiger partial charge < -0.3 is 14.6 Å². The Morgan fingerprint density at radius 1 is 1.03 bits per heavy atom. The fraction of sp³-hybridized carbons (Fsp3) is 0.241. The molecule has 4 rings (SSSR count). The van der Waals surface area contributed by atoms with Gasteiger partial charge in [0.25, 0.3) is 5.91 Å². The number of ether oxygens (including phenoxy) is 1. The van der Waals surface area contributed by atoms with Crippen LogP contribution in [0.15, 0.2) is 73.1 Å². The van der Waals surface area contributed by atoms with Crippen molar-refractivity contribution in [3.63, 3.8) is 0 Å². The summed E-state index contributed by atoms with van der Waals surface area (Å²) >= 11 is 0. The molecule has 0 unspecified atom stereocenters. The first-order valence-corrected chi connectivity index (χ1v) is 12.2. The van der Waals surface area contributed by atoms with Crippen molar-refractivity contribution in [1.29, 1.82) is 0 Å². The molecule has 37 heavy (non-hydrogen) atoms. The number of esters is 1. The second-order valence-electron chi connectivity index (χ2n) is 8.81. The van der Waals surface area contributed by atoms with Crippen LogP contribution in [-0.2, 0) is 16.0 Å². The Kier molecular flexibility index (Phi) is 8.08. The maximum Gasteiger partial charge on any atom is 0.306 e. The largest absolute Gasteiger partial charge is 0.466 e. The van der Waals surface area contributed by atoms with E-state index >= 15 is 0 Å². The molecule has 190 valence electrons. The van der Waals surface area contributed by atoms with Crippen LogP contribution in [0.1, 0.15) is 49.3 Å². The normalized spacial score (nSPS) is 10.9. The van der Waals surface area contributed by atoms with Crippen LogP contribution in [0.25, 0.3) is 22.6 Å². The van der Waals surface area contributed by atoms with Crippen LogP contribution in [-0.4, -0.2) is 33.0 Å². The van der Waals surface area contributed by atoms with Gasteiger partial charge in [-0.2, -0.15) is 0 Å². The predicted molar refractivity (Wildman–Crippen MR) is 141 cm³/mol. The van der Waals surface area contributed by atoms with Gasteiger partial charge >= 0.3 is 5.97 Å². The van der Waals surface area contributed by atoms with Gasteiger partial charge in [0.1, 0.15) is 11.5 Å². The minimum Gasteiger partial charge on any atom is -0.466 e. The van der Waals surface area contributed by atoms with Crippen LogP contribution in [0.2, 0.25) is 0 Å². The van der Waals surface area contributed by atoms with Gasteiger partial charge in [0.05, 0.1) is 30.0 Å². The number of aryl methyl sites for hydroxylation is 1. The van der Waals surface area contributed by atoms with Crippen molar-refractivity contribution in [2.24, 2.45) is 0 Å². The zero-order valence-electron chi connectivity index (χ0n) is 21.1. The summed E-state index contributed by atoms with van der Waals surface area (Å²) in [6, 6.07) is 18.8. The van der Waals surface area contributed by atoms with Gasteiger partial charge in [-0.25, -0.2) is 14.4 Å². The summed E-state index contributed by atoms with van der Waals surface area (Å²) in [5.41, 5.74) is 4.62. The molecule has 0 aliphatic rings. The van der Waals surface area contributed by atoms with Crippen molar-refractivity contribution in [2.75, 3.05) is 11.9 Å². The minimum atomic E-state index is -0.347. The topological polar surface area (TPSA) is 86.1 Å². The first kappa shape index (κ1) is 25.8. The molecule has 2 aromatic heterocycles.